The Balaban J connectivity index is 1.95. The van der Waals surface area contributed by atoms with Gasteiger partial charge in [-0.3, -0.25) is 4.79 Å². The van der Waals surface area contributed by atoms with Crippen molar-refractivity contribution in [1.29, 1.82) is 0 Å². The monoisotopic (exact) mass is 496 g/mol. The van der Waals surface area contributed by atoms with Crippen LogP contribution in [0, 0.1) is 0 Å². The van der Waals surface area contributed by atoms with Gasteiger partial charge in [0, 0.05) is 8.95 Å². The second-order valence-corrected chi connectivity index (χ2v) is 6.61. The Labute approximate surface area is 164 Å². The highest BCUT2D eigenvalue weighted by atomic mass is 79.9. The van der Waals surface area contributed by atoms with Crippen LogP contribution in [0.4, 0.5) is 24.5 Å². The van der Waals surface area contributed by atoms with Crippen LogP contribution in [-0.2, 0) is 4.79 Å². The van der Waals surface area contributed by atoms with Crippen molar-refractivity contribution >= 4 is 49.1 Å². The molecular formula is C16H13Br2F3N2O3. The number of methoxy groups -OCH3 is 1. The van der Waals surface area contributed by atoms with Crippen LogP contribution in [0.1, 0.15) is 0 Å². The van der Waals surface area contributed by atoms with E-state index in [1.165, 1.54) is 18.2 Å². The Kier molecular flexibility index (Phi) is 6.76. The van der Waals surface area contributed by atoms with Crippen molar-refractivity contribution in [3.05, 3.63) is 45.3 Å². The number of rotatable bonds is 6. The maximum Gasteiger partial charge on any atom is 0.471 e. The molecule has 0 spiro atoms. The van der Waals surface area contributed by atoms with Crippen molar-refractivity contribution in [3.63, 3.8) is 0 Å². The van der Waals surface area contributed by atoms with E-state index in [9.17, 15) is 18.0 Å². The average Bonchev–Trinajstić information content (AvgIpc) is 2.57. The Bertz CT molecular complexity index is 801. The third kappa shape index (κ3) is 5.53. The van der Waals surface area contributed by atoms with Gasteiger partial charge in [0.1, 0.15) is 11.5 Å². The number of halogens is 5. The van der Waals surface area contributed by atoms with Gasteiger partial charge in [-0.05, 0) is 68.3 Å². The number of hydrogen-bond donors (Lipinski definition) is 2. The molecule has 0 atom stereocenters. The fourth-order valence-corrected chi connectivity index (χ4v) is 2.80. The van der Waals surface area contributed by atoms with Gasteiger partial charge in [-0.25, -0.2) is 0 Å². The van der Waals surface area contributed by atoms with Crippen LogP contribution in [0.5, 0.6) is 11.5 Å². The van der Waals surface area contributed by atoms with Crippen LogP contribution in [0.2, 0.25) is 0 Å². The minimum absolute atomic E-state index is 0.00877. The Morgan fingerprint density at radius 3 is 2.19 bits per heavy atom. The number of ether oxygens (including phenoxy) is 2. The molecule has 10 heteroatoms. The molecule has 0 radical (unpaired) electrons. The first kappa shape index (κ1) is 20.4. The highest BCUT2D eigenvalue weighted by Crippen LogP contribution is 2.30. The highest BCUT2D eigenvalue weighted by Gasteiger charge is 2.38. The normalized spacial score (nSPS) is 11.0. The van der Waals surface area contributed by atoms with Crippen molar-refractivity contribution in [1.82, 2.24) is 0 Å². The highest BCUT2D eigenvalue weighted by molar-refractivity contribution is 9.11. The molecule has 2 aromatic carbocycles. The third-order valence-electron chi connectivity index (χ3n) is 3.12. The predicted molar refractivity (Wildman–Crippen MR) is 98.6 cm³/mol. The van der Waals surface area contributed by atoms with E-state index in [2.05, 4.69) is 37.2 Å². The lowest BCUT2D eigenvalue weighted by Crippen LogP contribution is -2.30. The molecule has 2 rings (SSSR count). The van der Waals surface area contributed by atoms with Gasteiger partial charge >= 0.3 is 12.1 Å². The molecule has 0 bridgehead atoms. The maximum absolute atomic E-state index is 12.3. The molecule has 1 amide bonds. The largest absolute Gasteiger partial charge is 0.497 e. The summed E-state index contributed by atoms with van der Waals surface area (Å²) >= 11 is 6.50. The van der Waals surface area contributed by atoms with Crippen LogP contribution in [0.3, 0.4) is 0 Å². The number of anilines is 2. The number of alkyl halides is 3. The van der Waals surface area contributed by atoms with Gasteiger partial charge in [-0.2, -0.15) is 13.2 Å². The molecule has 26 heavy (non-hydrogen) atoms. The van der Waals surface area contributed by atoms with E-state index in [1.807, 2.05) is 0 Å². The van der Waals surface area contributed by atoms with Gasteiger partial charge in [-0.15, -0.1) is 0 Å². The molecule has 0 aliphatic heterocycles. The zero-order valence-electron chi connectivity index (χ0n) is 13.3. The summed E-state index contributed by atoms with van der Waals surface area (Å²) in [6.07, 6.45) is -4.95. The molecule has 0 aliphatic rings. The number of nitrogens with one attached hydrogen (secondary N) is 2. The summed E-state index contributed by atoms with van der Waals surface area (Å²) in [4.78, 5) is 11.0. The van der Waals surface area contributed by atoms with E-state index >= 15 is 0 Å². The van der Waals surface area contributed by atoms with Gasteiger partial charge in [0.2, 0.25) is 0 Å². The van der Waals surface area contributed by atoms with Crippen molar-refractivity contribution in [2.45, 2.75) is 6.18 Å². The molecular weight excluding hydrogens is 485 g/mol. The van der Waals surface area contributed by atoms with Crippen LogP contribution in [0.25, 0.3) is 0 Å². The minimum Gasteiger partial charge on any atom is -0.497 e. The van der Waals surface area contributed by atoms with E-state index in [1.54, 1.807) is 30.6 Å². The van der Waals surface area contributed by atoms with Gasteiger partial charge in [-0.1, -0.05) is 0 Å². The maximum atomic E-state index is 12.3. The summed E-state index contributed by atoms with van der Waals surface area (Å²) in [5, 5.41) is 4.82. The second kappa shape index (κ2) is 8.63. The average molecular weight is 498 g/mol. The summed E-state index contributed by atoms with van der Waals surface area (Å²) in [7, 11) is 1.57. The zero-order valence-corrected chi connectivity index (χ0v) is 16.5. The first-order chi connectivity index (χ1) is 12.2. The number of amides is 1. The van der Waals surface area contributed by atoms with E-state index < -0.39 is 12.1 Å². The van der Waals surface area contributed by atoms with Crippen molar-refractivity contribution in [2.24, 2.45) is 0 Å². The number of hydrogen-bond acceptors (Lipinski definition) is 4. The molecule has 2 aromatic rings. The van der Waals surface area contributed by atoms with Crippen molar-refractivity contribution in [3.8, 4) is 11.5 Å². The lowest BCUT2D eigenvalue weighted by Gasteiger charge is -2.13. The molecule has 0 unspecified atom stereocenters. The molecule has 5 nitrogen and oxygen atoms in total. The topological polar surface area (TPSA) is 59.6 Å². The lowest BCUT2D eigenvalue weighted by molar-refractivity contribution is -0.167. The lowest BCUT2D eigenvalue weighted by atomic mass is 10.3. The van der Waals surface area contributed by atoms with Crippen molar-refractivity contribution in [2.75, 3.05) is 24.5 Å². The SMILES string of the molecule is COc1ccc(NCOc2ccc(NC(=O)C(F)(F)F)c(Br)c2)c(Br)c1. The molecule has 0 fully saturated rings. The van der Waals surface area contributed by atoms with E-state index in [-0.39, 0.29) is 16.9 Å². The quantitative estimate of drug-likeness (QED) is 0.540. The van der Waals surface area contributed by atoms with Crippen molar-refractivity contribution < 1.29 is 27.4 Å². The Morgan fingerprint density at radius 2 is 1.62 bits per heavy atom. The number of benzene rings is 2. The summed E-state index contributed by atoms with van der Waals surface area (Å²) in [5.41, 5.74) is 0.768. The summed E-state index contributed by atoms with van der Waals surface area (Å²) in [5.74, 6) is -0.944. The molecule has 0 saturated heterocycles. The fraction of sp³-hybridized carbons (Fsp3) is 0.188. The van der Waals surface area contributed by atoms with E-state index in [0.717, 1.165) is 10.2 Å². The fourth-order valence-electron chi connectivity index (χ4n) is 1.84. The van der Waals surface area contributed by atoms with E-state index in [0.29, 0.717) is 11.5 Å². The van der Waals surface area contributed by atoms with Crippen LogP contribution in [0.15, 0.2) is 45.3 Å². The van der Waals surface area contributed by atoms with Crippen LogP contribution >= 0.6 is 31.9 Å². The Morgan fingerprint density at radius 1 is 1.04 bits per heavy atom. The Hall–Kier alpha value is -1.94. The summed E-state index contributed by atoms with van der Waals surface area (Å²) in [6, 6.07) is 9.58. The van der Waals surface area contributed by atoms with Gasteiger partial charge in [0.05, 0.1) is 18.5 Å². The number of carbonyl (C=O) groups excluding carboxylic acids is 1. The zero-order chi connectivity index (χ0) is 19.3. The molecule has 140 valence electrons. The smallest absolute Gasteiger partial charge is 0.471 e. The van der Waals surface area contributed by atoms with Gasteiger partial charge in [0.25, 0.3) is 0 Å². The first-order valence-electron chi connectivity index (χ1n) is 7.08. The van der Waals surface area contributed by atoms with Gasteiger partial charge < -0.3 is 20.1 Å². The molecule has 2 N–H and O–H groups in total. The number of carbonyl (C=O) groups is 1. The van der Waals surface area contributed by atoms with Crippen LogP contribution in [-0.4, -0.2) is 25.9 Å². The van der Waals surface area contributed by atoms with E-state index in [4.69, 9.17) is 9.47 Å². The van der Waals surface area contributed by atoms with Gasteiger partial charge in [0.15, 0.2) is 6.73 Å². The third-order valence-corrected chi connectivity index (χ3v) is 4.44. The molecule has 0 aliphatic carbocycles. The van der Waals surface area contributed by atoms with Crippen LogP contribution < -0.4 is 20.1 Å². The molecule has 0 heterocycles. The second-order valence-electron chi connectivity index (χ2n) is 4.90. The summed E-state index contributed by atoms with van der Waals surface area (Å²) in [6.45, 7) is 0.117. The summed E-state index contributed by atoms with van der Waals surface area (Å²) < 4.78 is 48.5. The first-order valence-corrected chi connectivity index (χ1v) is 8.67. The minimum atomic E-state index is -4.95. The molecule has 0 aromatic heterocycles. The standard InChI is InChI=1S/C16H13Br2F3N2O3/c1-25-9-2-4-13(11(17)6-9)22-8-26-10-3-5-14(12(18)7-10)23-15(24)16(19,20)21/h2-7,22H,8H2,1H3,(H,23,24). The predicted octanol–water partition coefficient (Wildman–Crippen LogP) is 5.17. The molecule has 0 saturated carbocycles.